The summed E-state index contributed by atoms with van der Waals surface area (Å²) in [5.74, 6) is 0. The molecule has 1 atom stereocenters. The van der Waals surface area contributed by atoms with Gasteiger partial charge in [0.1, 0.15) is 0 Å². The van der Waals surface area contributed by atoms with Gasteiger partial charge in [-0.15, -0.1) is 5.11 Å². The fourth-order valence-corrected chi connectivity index (χ4v) is 2.38. The Hall–Kier alpha value is -0.550. The van der Waals surface area contributed by atoms with Crippen molar-refractivity contribution >= 4 is 7.82 Å². The molecule has 0 amide bonds. The van der Waals surface area contributed by atoms with Crippen LogP contribution in [0.5, 0.6) is 0 Å². The van der Waals surface area contributed by atoms with Gasteiger partial charge < -0.3 is 9.79 Å². The van der Waals surface area contributed by atoms with Crippen molar-refractivity contribution in [1.82, 2.24) is 0 Å². The highest BCUT2D eigenvalue weighted by Crippen LogP contribution is 2.49. The molecule has 0 radical (unpaired) electrons. The zero-order valence-electron chi connectivity index (χ0n) is 8.97. The van der Waals surface area contributed by atoms with E-state index in [0.29, 0.717) is 18.5 Å². The van der Waals surface area contributed by atoms with E-state index < -0.39 is 13.5 Å². The Kier molecular flexibility index (Phi) is 3.45. The van der Waals surface area contributed by atoms with Gasteiger partial charge in [-0.1, -0.05) is 13.8 Å². The van der Waals surface area contributed by atoms with Crippen LogP contribution >= 0.6 is 7.82 Å². The second-order valence-corrected chi connectivity index (χ2v) is 4.50. The standard InChI is InChI=1S/C8H15N2O4P/c1-4-7-6(3)9-10-8(7,5-2)14-15(11,12)13/h4-5H2,1-3H3,(H2,11,12,13). The van der Waals surface area contributed by atoms with Gasteiger partial charge in [-0.25, -0.2) is 4.57 Å². The third-order valence-electron chi connectivity index (χ3n) is 2.37. The number of phosphoric acid groups is 1. The van der Waals surface area contributed by atoms with Gasteiger partial charge >= 0.3 is 7.82 Å². The quantitative estimate of drug-likeness (QED) is 0.730. The van der Waals surface area contributed by atoms with Crippen molar-refractivity contribution in [2.45, 2.75) is 39.3 Å². The molecule has 0 fully saturated rings. The number of nitrogens with zero attached hydrogens (tertiary/aromatic N) is 2. The minimum atomic E-state index is -4.56. The largest absolute Gasteiger partial charge is 0.472 e. The minimum Gasteiger partial charge on any atom is -0.303 e. The molecule has 0 aromatic rings. The highest BCUT2D eigenvalue weighted by molar-refractivity contribution is 7.46. The summed E-state index contributed by atoms with van der Waals surface area (Å²) >= 11 is 0. The molecule has 0 saturated carbocycles. The number of azo groups is 1. The number of allylic oxidation sites excluding steroid dienone is 1. The summed E-state index contributed by atoms with van der Waals surface area (Å²) in [6.07, 6.45) is 0.953. The number of hydrogen-bond donors (Lipinski definition) is 2. The summed E-state index contributed by atoms with van der Waals surface area (Å²) in [6.45, 7) is 5.38. The van der Waals surface area contributed by atoms with Crippen LogP contribution in [0.25, 0.3) is 0 Å². The van der Waals surface area contributed by atoms with Crippen molar-refractivity contribution in [3.63, 3.8) is 0 Å². The Morgan fingerprint density at radius 2 is 2.07 bits per heavy atom. The molecule has 0 bridgehead atoms. The molecular formula is C8H15N2O4P. The zero-order valence-corrected chi connectivity index (χ0v) is 9.86. The Bertz CT molecular complexity index is 360. The third kappa shape index (κ3) is 2.52. The molecular weight excluding hydrogens is 219 g/mol. The lowest BCUT2D eigenvalue weighted by Gasteiger charge is -2.26. The van der Waals surface area contributed by atoms with Crippen LogP contribution in [-0.4, -0.2) is 15.5 Å². The van der Waals surface area contributed by atoms with Gasteiger partial charge in [0.05, 0.1) is 5.70 Å². The van der Waals surface area contributed by atoms with Gasteiger partial charge in [0.2, 0.25) is 5.72 Å². The van der Waals surface area contributed by atoms with Crippen LogP contribution in [0.3, 0.4) is 0 Å². The SMILES string of the molecule is CCC1=C(C)N=NC1(CC)OP(=O)(O)O. The molecule has 1 aliphatic heterocycles. The van der Waals surface area contributed by atoms with Crippen molar-refractivity contribution in [3.05, 3.63) is 11.3 Å². The van der Waals surface area contributed by atoms with Gasteiger partial charge in [-0.3, -0.25) is 4.52 Å². The first-order valence-electron chi connectivity index (χ1n) is 4.74. The van der Waals surface area contributed by atoms with Crippen LogP contribution in [0.4, 0.5) is 0 Å². The van der Waals surface area contributed by atoms with Crippen LogP contribution in [0.15, 0.2) is 21.5 Å². The summed E-state index contributed by atoms with van der Waals surface area (Å²) in [7, 11) is -4.56. The topological polar surface area (TPSA) is 91.5 Å². The molecule has 0 aromatic carbocycles. The Labute approximate surface area is 88.3 Å². The van der Waals surface area contributed by atoms with E-state index >= 15 is 0 Å². The molecule has 0 aliphatic carbocycles. The second kappa shape index (κ2) is 4.14. The first kappa shape index (κ1) is 12.5. The summed E-state index contributed by atoms with van der Waals surface area (Å²) in [5.41, 5.74) is 0.138. The van der Waals surface area contributed by atoms with E-state index in [1.54, 1.807) is 13.8 Å². The summed E-state index contributed by atoms with van der Waals surface area (Å²) < 4.78 is 15.6. The van der Waals surface area contributed by atoms with Crippen LogP contribution < -0.4 is 0 Å². The molecule has 0 spiro atoms. The predicted octanol–water partition coefficient (Wildman–Crippen LogP) is 2.35. The van der Waals surface area contributed by atoms with Gasteiger partial charge in [0, 0.05) is 12.0 Å². The average molecular weight is 234 g/mol. The van der Waals surface area contributed by atoms with E-state index in [0.717, 1.165) is 5.57 Å². The highest BCUT2D eigenvalue weighted by Gasteiger charge is 2.43. The molecule has 1 rings (SSSR count). The van der Waals surface area contributed by atoms with E-state index in [1.165, 1.54) is 0 Å². The van der Waals surface area contributed by atoms with E-state index in [-0.39, 0.29) is 0 Å². The first-order chi connectivity index (χ1) is 6.84. The summed E-state index contributed by atoms with van der Waals surface area (Å²) in [4.78, 5) is 17.7. The van der Waals surface area contributed by atoms with Gasteiger partial charge in [-0.05, 0) is 13.3 Å². The van der Waals surface area contributed by atoms with Crippen molar-refractivity contribution in [3.8, 4) is 0 Å². The molecule has 2 N–H and O–H groups in total. The van der Waals surface area contributed by atoms with Crippen molar-refractivity contribution in [2.24, 2.45) is 10.2 Å². The fourth-order valence-electron chi connectivity index (χ4n) is 1.71. The van der Waals surface area contributed by atoms with Gasteiger partial charge in [-0.2, -0.15) is 5.11 Å². The van der Waals surface area contributed by atoms with E-state index in [4.69, 9.17) is 14.3 Å². The molecule has 0 saturated heterocycles. The molecule has 15 heavy (non-hydrogen) atoms. The van der Waals surface area contributed by atoms with Crippen molar-refractivity contribution in [1.29, 1.82) is 0 Å². The Morgan fingerprint density at radius 3 is 2.47 bits per heavy atom. The molecule has 6 nitrogen and oxygen atoms in total. The maximum atomic E-state index is 10.9. The molecule has 1 aliphatic rings. The maximum absolute atomic E-state index is 10.9. The Balaban J connectivity index is 3.07. The highest BCUT2D eigenvalue weighted by atomic mass is 31.2. The van der Waals surface area contributed by atoms with Crippen LogP contribution in [0.2, 0.25) is 0 Å². The first-order valence-corrected chi connectivity index (χ1v) is 6.27. The smallest absolute Gasteiger partial charge is 0.303 e. The Morgan fingerprint density at radius 1 is 1.47 bits per heavy atom. The maximum Gasteiger partial charge on any atom is 0.472 e. The van der Waals surface area contributed by atoms with E-state index in [9.17, 15) is 4.57 Å². The monoisotopic (exact) mass is 234 g/mol. The van der Waals surface area contributed by atoms with Gasteiger partial charge in [0.25, 0.3) is 0 Å². The van der Waals surface area contributed by atoms with Crippen LogP contribution in [0.1, 0.15) is 33.6 Å². The predicted molar refractivity (Wildman–Crippen MR) is 54.0 cm³/mol. The number of hydrogen-bond acceptors (Lipinski definition) is 4. The third-order valence-corrected chi connectivity index (χ3v) is 2.91. The average Bonchev–Trinajstić information content (AvgIpc) is 2.41. The molecule has 1 heterocycles. The lowest BCUT2D eigenvalue weighted by molar-refractivity contribution is 0.0648. The molecule has 7 heteroatoms. The fraction of sp³-hybridized carbons (Fsp3) is 0.750. The zero-order chi connectivity index (χ0) is 11.7. The number of rotatable bonds is 4. The van der Waals surface area contributed by atoms with Crippen molar-refractivity contribution < 1.29 is 18.9 Å². The van der Waals surface area contributed by atoms with Crippen LogP contribution in [-0.2, 0) is 9.09 Å². The lowest BCUT2D eigenvalue weighted by atomic mass is 9.98. The van der Waals surface area contributed by atoms with Crippen molar-refractivity contribution in [2.75, 3.05) is 0 Å². The van der Waals surface area contributed by atoms with Crippen LogP contribution in [0, 0.1) is 0 Å². The second-order valence-electron chi connectivity index (χ2n) is 3.34. The van der Waals surface area contributed by atoms with Gasteiger partial charge in [0.15, 0.2) is 0 Å². The van der Waals surface area contributed by atoms with E-state index in [2.05, 4.69) is 10.2 Å². The summed E-state index contributed by atoms with van der Waals surface area (Å²) in [5, 5.41) is 7.67. The molecule has 86 valence electrons. The molecule has 0 aromatic heterocycles. The minimum absolute atomic E-state index is 0.349. The number of phosphoric ester groups is 1. The normalized spacial score (nSPS) is 26.5. The summed E-state index contributed by atoms with van der Waals surface area (Å²) in [6, 6.07) is 0. The van der Waals surface area contributed by atoms with E-state index in [1.807, 2.05) is 6.92 Å². The lowest BCUT2D eigenvalue weighted by Crippen LogP contribution is -2.29. The molecule has 1 unspecified atom stereocenters.